The molecule has 0 saturated carbocycles. The van der Waals surface area contributed by atoms with Gasteiger partial charge in [0.05, 0.1) is 4.92 Å². The second-order valence-corrected chi connectivity index (χ2v) is 4.52. The summed E-state index contributed by atoms with van der Waals surface area (Å²) < 4.78 is 13.6. The maximum Gasteiger partial charge on any atom is 0.287 e. The van der Waals surface area contributed by atoms with Crippen LogP contribution >= 0.6 is 0 Å². The summed E-state index contributed by atoms with van der Waals surface area (Å²) in [5.41, 5.74) is 0.871. The minimum Gasteiger partial charge on any atom is -0.370 e. The van der Waals surface area contributed by atoms with Gasteiger partial charge in [-0.25, -0.2) is 4.39 Å². The Hall–Kier alpha value is -2.94. The molecular formula is C15H12FN3O2. The molecule has 2 aromatic rings. The van der Waals surface area contributed by atoms with Crippen molar-refractivity contribution < 1.29 is 9.31 Å². The predicted octanol–water partition coefficient (Wildman–Crippen LogP) is 3.24. The summed E-state index contributed by atoms with van der Waals surface area (Å²) in [5, 5.41) is 19.8. The van der Waals surface area contributed by atoms with Gasteiger partial charge in [0.1, 0.15) is 17.4 Å². The van der Waals surface area contributed by atoms with E-state index in [1.54, 1.807) is 42.3 Å². The Morgan fingerprint density at radius 2 is 2.05 bits per heavy atom. The molecular weight excluding hydrogens is 273 g/mol. The van der Waals surface area contributed by atoms with Crippen LogP contribution in [-0.2, 0) is 6.54 Å². The van der Waals surface area contributed by atoms with Gasteiger partial charge >= 0.3 is 0 Å². The molecule has 106 valence electrons. The van der Waals surface area contributed by atoms with Gasteiger partial charge in [-0.1, -0.05) is 18.2 Å². The van der Waals surface area contributed by atoms with Crippen molar-refractivity contribution in [3.63, 3.8) is 0 Å². The summed E-state index contributed by atoms with van der Waals surface area (Å²) >= 11 is 0. The van der Waals surface area contributed by atoms with E-state index in [1.807, 2.05) is 0 Å². The van der Waals surface area contributed by atoms with Crippen molar-refractivity contribution in [3.8, 4) is 6.07 Å². The van der Waals surface area contributed by atoms with E-state index < -0.39 is 4.92 Å². The topological polar surface area (TPSA) is 70.2 Å². The molecule has 0 saturated heterocycles. The van der Waals surface area contributed by atoms with Crippen LogP contribution in [0.5, 0.6) is 0 Å². The van der Waals surface area contributed by atoms with Gasteiger partial charge in [0.15, 0.2) is 0 Å². The van der Waals surface area contributed by atoms with Crippen molar-refractivity contribution in [1.82, 2.24) is 0 Å². The van der Waals surface area contributed by atoms with Crippen molar-refractivity contribution in [2.24, 2.45) is 0 Å². The quantitative estimate of drug-likeness (QED) is 0.638. The largest absolute Gasteiger partial charge is 0.370 e. The first-order valence-electron chi connectivity index (χ1n) is 6.16. The van der Waals surface area contributed by atoms with Crippen LogP contribution in [0.2, 0.25) is 0 Å². The lowest BCUT2D eigenvalue weighted by molar-refractivity contribution is -0.385. The number of nitrogens with zero attached hydrogens (tertiary/aromatic N) is 3. The van der Waals surface area contributed by atoms with Crippen LogP contribution in [0.4, 0.5) is 15.8 Å². The fourth-order valence-corrected chi connectivity index (χ4v) is 1.98. The Labute approximate surface area is 121 Å². The third-order valence-corrected chi connectivity index (χ3v) is 3.10. The highest BCUT2D eigenvalue weighted by Gasteiger charge is 2.15. The van der Waals surface area contributed by atoms with Gasteiger partial charge < -0.3 is 4.90 Å². The van der Waals surface area contributed by atoms with Crippen LogP contribution in [0.1, 0.15) is 11.1 Å². The van der Waals surface area contributed by atoms with E-state index in [1.165, 1.54) is 18.2 Å². The van der Waals surface area contributed by atoms with Gasteiger partial charge in [0, 0.05) is 30.9 Å². The summed E-state index contributed by atoms with van der Waals surface area (Å²) in [5.74, 6) is -0.313. The normalized spacial score (nSPS) is 9.95. The Balaban J connectivity index is 2.28. The molecule has 0 bridgehead atoms. The van der Waals surface area contributed by atoms with E-state index in [9.17, 15) is 14.5 Å². The zero-order valence-electron chi connectivity index (χ0n) is 11.3. The molecule has 0 unspecified atom stereocenters. The smallest absolute Gasteiger partial charge is 0.287 e. The summed E-state index contributed by atoms with van der Waals surface area (Å²) in [6, 6.07) is 12.5. The lowest BCUT2D eigenvalue weighted by Gasteiger charge is -2.19. The molecule has 0 aliphatic rings. The number of rotatable bonds is 4. The van der Waals surface area contributed by atoms with Gasteiger partial charge in [-0.3, -0.25) is 10.1 Å². The molecule has 0 spiro atoms. The van der Waals surface area contributed by atoms with Crippen LogP contribution in [0.15, 0.2) is 42.5 Å². The molecule has 0 aliphatic heterocycles. The molecule has 0 heterocycles. The summed E-state index contributed by atoms with van der Waals surface area (Å²) in [7, 11) is 1.73. The molecule has 0 atom stereocenters. The van der Waals surface area contributed by atoms with Crippen molar-refractivity contribution >= 4 is 11.4 Å². The highest BCUT2D eigenvalue weighted by Crippen LogP contribution is 2.25. The zero-order valence-corrected chi connectivity index (χ0v) is 11.3. The summed E-state index contributed by atoms with van der Waals surface area (Å²) in [6.07, 6.45) is 0. The molecule has 2 rings (SSSR count). The van der Waals surface area contributed by atoms with E-state index in [0.717, 1.165) is 0 Å². The third kappa shape index (κ3) is 3.15. The molecule has 0 aromatic heterocycles. The minimum atomic E-state index is -0.598. The first-order chi connectivity index (χ1) is 10.0. The molecule has 0 N–H and O–H groups in total. The Morgan fingerprint density at radius 1 is 1.33 bits per heavy atom. The number of nitro benzene ring substituents is 1. The average Bonchev–Trinajstić information content (AvgIpc) is 2.48. The highest BCUT2D eigenvalue weighted by molar-refractivity contribution is 5.59. The maximum absolute atomic E-state index is 13.6. The Morgan fingerprint density at radius 3 is 2.67 bits per heavy atom. The van der Waals surface area contributed by atoms with Crippen LogP contribution in [-0.4, -0.2) is 12.0 Å². The summed E-state index contributed by atoms with van der Waals surface area (Å²) in [4.78, 5) is 11.9. The number of benzene rings is 2. The monoisotopic (exact) mass is 285 g/mol. The van der Waals surface area contributed by atoms with Crippen LogP contribution < -0.4 is 4.90 Å². The molecule has 6 heteroatoms. The van der Waals surface area contributed by atoms with Crippen molar-refractivity contribution in [2.75, 3.05) is 11.9 Å². The van der Waals surface area contributed by atoms with Gasteiger partial charge in [-0.2, -0.15) is 5.26 Å². The fraction of sp³-hybridized carbons (Fsp3) is 0.133. The molecule has 0 radical (unpaired) electrons. The van der Waals surface area contributed by atoms with Gasteiger partial charge in [0.25, 0.3) is 5.69 Å². The number of nitro groups is 1. The van der Waals surface area contributed by atoms with Crippen LogP contribution in [0.25, 0.3) is 0 Å². The van der Waals surface area contributed by atoms with Crippen molar-refractivity contribution in [2.45, 2.75) is 6.54 Å². The van der Waals surface area contributed by atoms with Crippen LogP contribution in [0, 0.1) is 27.3 Å². The fourth-order valence-electron chi connectivity index (χ4n) is 1.98. The SMILES string of the molecule is CN(Cc1ccccc1F)c1ccc([N+](=O)[O-])c(C#N)c1. The van der Waals surface area contributed by atoms with E-state index >= 15 is 0 Å². The number of hydrogen-bond donors (Lipinski definition) is 0. The Bertz CT molecular complexity index is 725. The van der Waals surface area contributed by atoms with E-state index in [4.69, 9.17) is 5.26 Å². The summed E-state index contributed by atoms with van der Waals surface area (Å²) in [6.45, 7) is 0.301. The van der Waals surface area contributed by atoms with Crippen molar-refractivity contribution in [1.29, 1.82) is 5.26 Å². The lowest BCUT2D eigenvalue weighted by atomic mass is 10.1. The average molecular weight is 285 g/mol. The second kappa shape index (κ2) is 6.01. The molecule has 0 fully saturated rings. The van der Waals surface area contributed by atoms with Gasteiger partial charge in [0.2, 0.25) is 0 Å². The van der Waals surface area contributed by atoms with E-state index in [-0.39, 0.29) is 17.1 Å². The van der Waals surface area contributed by atoms with Crippen molar-refractivity contribution in [3.05, 3.63) is 69.5 Å². The highest BCUT2D eigenvalue weighted by atomic mass is 19.1. The van der Waals surface area contributed by atoms with Gasteiger partial charge in [-0.05, 0) is 18.2 Å². The molecule has 0 aliphatic carbocycles. The Kier molecular flexibility index (Phi) is 4.14. The second-order valence-electron chi connectivity index (χ2n) is 4.52. The number of nitriles is 1. The number of halogens is 1. The molecule has 2 aromatic carbocycles. The first kappa shape index (κ1) is 14.5. The molecule has 21 heavy (non-hydrogen) atoms. The molecule has 0 amide bonds. The zero-order chi connectivity index (χ0) is 15.4. The first-order valence-corrected chi connectivity index (χ1v) is 6.16. The van der Waals surface area contributed by atoms with E-state index in [0.29, 0.717) is 17.8 Å². The van der Waals surface area contributed by atoms with E-state index in [2.05, 4.69) is 0 Å². The van der Waals surface area contributed by atoms with Gasteiger partial charge in [-0.15, -0.1) is 0 Å². The maximum atomic E-state index is 13.6. The molecule has 5 nitrogen and oxygen atoms in total. The standard InChI is InChI=1S/C15H12FN3O2/c1-18(10-11-4-2-3-5-14(11)16)13-6-7-15(19(20)21)12(8-13)9-17/h2-8H,10H2,1H3. The van der Waals surface area contributed by atoms with Crippen LogP contribution in [0.3, 0.4) is 0 Å². The lowest BCUT2D eigenvalue weighted by Crippen LogP contribution is -2.17. The minimum absolute atomic E-state index is 0.0158. The number of hydrogen-bond acceptors (Lipinski definition) is 4. The number of anilines is 1. The predicted molar refractivity (Wildman–Crippen MR) is 76.3 cm³/mol. The third-order valence-electron chi connectivity index (χ3n) is 3.10.